The summed E-state index contributed by atoms with van der Waals surface area (Å²) in [7, 11) is 1.58. The lowest BCUT2D eigenvalue weighted by molar-refractivity contribution is -0.122. The lowest BCUT2D eigenvalue weighted by Gasteiger charge is -2.21. The summed E-state index contributed by atoms with van der Waals surface area (Å²) in [5.41, 5.74) is 1.83. The molecule has 0 aliphatic rings. The number of amides is 1. The largest absolute Gasteiger partial charge is 0.417 e. The molecule has 41 heavy (non-hydrogen) atoms. The minimum Gasteiger partial charge on any atom is -0.417 e. The van der Waals surface area contributed by atoms with E-state index in [1.165, 1.54) is 10.8 Å². The molecule has 0 saturated carbocycles. The van der Waals surface area contributed by atoms with Crippen LogP contribution in [0.25, 0.3) is 11.3 Å². The van der Waals surface area contributed by atoms with Crippen molar-refractivity contribution in [3.8, 4) is 11.3 Å². The number of carbonyl (C=O) groups is 2. The van der Waals surface area contributed by atoms with E-state index < -0.39 is 28.7 Å². The van der Waals surface area contributed by atoms with Crippen LogP contribution in [0.2, 0.25) is 0 Å². The molecule has 0 bridgehead atoms. The minimum absolute atomic E-state index is 0.105. The molecule has 4 rings (SSSR count). The molecule has 2 N–H and O–H groups in total. The molecule has 0 fully saturated rings. The van der Waals surface area contributed by atoms with E-state index in [0.717, 1.165) is 23.2 Å². The predicted molar refractivity (Wildman–Crippen MR) is 155 cm³/mol. The highest BCUT2D eigenvalue weighted by molar-refractivity contribution is 5.98. The van der Waals surface area contributed by atoms with Crippen molar-refractivity contribution in [3.05, 3.63) is 88.3 Å². The van der Waals surface area contributed by atoms with E-state index in [4.69, 9.17) is 4.42 Å². The normalized spacial score (nSPS) is 12.3. The van der Waals surface area contributed by atoms with Gasteiger partial charge >= 0.3 is 0 Å². The fraction of sp³-hybridized carbons (Fsp3) is 0.367. The van der Waals surface area contributed by atoms with Gasteiger partial charge in [0.05, 0.1) is 29.0 Å². The van der Waals surface area contributed by atoms with Crippen molar-refractivity contribution in [1.82, 2.24) is 30.0 Å². The van der Waals surface area contributed by atoms with Gasteiger partial charge in [0.1, 0.15) is 6.54 Å². The predicted octanol–water partition coefficient (Wildman–Crippen LogP) is 3.64. The van der Waals surface area contributed by atoms with Crippen molar-refractivity contribution in [2.75, 3.05) is 12.4 Å². The second kappa shape index (κ2) is 12.2. The summed E-state index contributed by atoms with van der Waals surface area (Å²) in [6.45, 7) is 9.12. The molecule has 0 radical (unpaired) electrons. The van der Waals surface area contributed by atoms with Gasteiger partial charge < -0.3 is 15.1 Å². The zero-order valence-corrected chi connectivity index (χ0v) is 24.1. The first kappa shape index (κ1) is 29.3. The summed E-state index contributed by atoms with van der Waals surface area (Å²) in [5, 5.41) is 13.7. The van der Waals surface area contributed by atoms with Crippen molar-refractivity contribution >= 4 is 17.5 Å². The average Bonchev–Trinajstić information content (AvgIpc) is 3.48. The van der Waals surface area contributed by atoms with Crippen LogP contribution in [0.15, 0.2) is 64.1 Å². The second-order valence-electron chi connectivity index (χ2n) is 10.6. The maximum absolute atomic E-state index is 13.5. The molecule has 1 aromatic carbocycles. The molecule has 0 spiro atoms. The zero-order chi connectivity index (χ0) is 29.7. The van der Waals surface area contributed by atoms with Crippen LogP contribution in [0, 0.1) is 5.92 Å². The summed E-state index contributed by atoms with van der Waals surface area (Å²) in [4.78, 5) is 48.6. The summed E-state index contributed by atoms with van der Waals surface area (Å²) in [6.07, 6.45) is 4.21. The molecule has 3 aromatic heterocycles. The number of aryl methyl sites for hydroxylation is 1. The third-order valence-electron chi connectivity index (χ3n) is 6.97. The number of hydrogen-bond donors (Lipinski definition) is 2. The van der Waals surface area contributed by atoms with Gasteiger partial charge in [-0.2, -0.15) is 0 Å². The molecule has 214 valence electrons. The molecular weight excluding hydrogens is 522 g/mol. The molecule has 0 aliphatic carbocycles. The number of anilines is 1. The molecule has 4 aromatic rings. The van der Waals surface area contributed by atoms with Crippen LogP contribution in [0.4, 0.5) is 5.82 Å². The van der Waals surface area contributed by atoms with Crippen molar-refractivity contribution in [3.63, 3.8) is 0 Å². The Hall–Kier alpha value is -4.67. The van der Waals surface area contributed by atoms with Gasteiger partial charge in [-0.25, -0.2) is 4.98 Å². The lowest BCUT2D eigenvalue weighted by atomic mass is 9.88. The van der Waals surface area contributed by atoms with Gasteiger partial charge in [-0.05, 0) is 43.4 Å². The fourth-order valence-electron chi connectivity index (χ4n) is 4.37. The van der Waals surface area contributed by atoms with E-state index in [-0.39, 0.29) is 30.1 Å². The highest BCUT2D eigenvalue weighted by Crippen LogP contribution is 2.29. The van der Waals surface area contributed by atoms with Gasteiger partial charge in [-0.1, -0.05) is 57.2 Å². The summed E-state index contributed by atoms with van der Waals surface area (Å²) >= 11 is 0. The smallest absolute Gasteiger partial charge is 0.294 e. The van der Waals surface area contributed by atoms with Crippen molar-refractivity contribution < 1.29 is 14.0 Å². The number of aromatic nitrogens is 5. The zero-order valence-electron chi connectivity index (χ0n) is 24.1. The summed E-state index contributed by atoms with van der Waals surface area (Å²) < 4.78 is 7.17. The number of pyridine rings is 1. The highest BCUT2D eigenvalue weighted by Gasteiger charge is 2.35. The molecular formula is C30H35N7O4. The van der Waals surface area contributed by atoms with E-state index in [1.54, 1.807) is 27.1 Å². The first-order chi connectivity index (χ1) is 19.6. The molecule has 1 amide bonds. The van der Waals surface area contributed by atoms with Gasteiger partial charge in [0.25, 0.3) is 11.4 Å². The monoisotopic (exact) mass is 557 g/mol. The van der Waals surface area contributed by atoms with E-state index in [1.807, 2.05) is 56.3 Å². The topological polar surface area (TPSA) is 145 Å². The van der Waals surface area contributed by atoms with Crippen molar-refractivity contribution in [2.45, 2.75) is 59.0 Å². The number of ketones is 1. The summed E-state index contributed by atoms with van der Waals surface area (Å²) in [6, 6.07) is 12.1. The lowest BCUT2D eigenvalue weighted by Crippen LogP contribution is -2.46. The second-order valence-corrected chi connectivity index (χ2v) is 10.6. The Kier molecular flexibility index (Phi) is 8.75. The highest BCUT2D eigenvalue weighted by atomic mass is 16.4. The fourth-order valence-corrected chi connectivity index (χ4v) is 4.37. The van der Waals surface area contributed by atoms with Gasteiger partial charge in [0, 0.05) is 13.2 Å². The summed E-state index contributed by atoms with van der Waals surface area (Å²) in [5.74, 6) is -1.20. The Bertz CT molecular complexity index is 1570. The number of hydrogen-bond acceptors (Lipinski definition) is 9. The maximum Gasteiger partial charge on any atom is 0.294 e. The molecule has 11 heteroatoms. The molecule has 1 unspecified atom stereocenters. The minimum atomic E-state index is -0.956. The Morgan fingerprint density at radius 1 is 1.02 bits per heavy atom. The van der Waals surface area contributed by atoms with Crippen LogP contribution in [0.3, 0.4) is 0 Å². The number of nitrogens with zero attached hydrogens (tertiary/aromatic N) is 5. The Labute approximate surface area is 238 Å². The number of nitrogens with one attached hydrogen (secondary N) is 2. The Balaban J connectivity index is 1.56. The van der Waals surface area contributed by atoms with Gasteiger partial charge in [0.2, 0.25) is 17.6 Å². The Morgan fingerprint density at radius 3 is 2.37 bits per heavy atom. The van der Waals surface area contributed by atoms with Gasteiger partial charge in [0.15, 0.2) is 5.82 Å². The molecule has 0 saturated heterocycles. The van der Waals surface area contributed by atoms with Crippen LogP contribution >= 0.6 is 0 Å². The van der Waals surface area contributed by atoms with Crippen LogP contribution in [0.5, 0.6) is 0 Å². The van der Waals surface area contributed by atoms with E-state index in [9.17, 15) is 14.4 Å². The first-order valence-corrected chi connectivity index (χ1v) is 13.5. The van der Waals surface area contributed by atoms with Crippen LogP contribution in [-0.2, 0) is 23.2 Å². The van der Waals surface area contributed by atoms with E-state index in [0.29, 0.717) is 5.69 Å². The number of carbonyl (C=O) groups excluding carboxylic acids is 2. The number of Topliss-reactive ketones (excluding diaryl/α,β-unsaturated/α-hetero) is 1. The SMILES string of the molecule is CCc1ccc(C(C)(C)c2nnc(C(=O)C(NC(=O)Cn3c(-c4ccccc4)cnc(NC)c3=O)C(C)C)o2)nc1. The Morgan fingerprint density at radius 2 is 1.76 bits per heavy atom. The number of benzene rings is 1. The molecule has 3 heterocycles. The first-order valence-electron chi connectivity index (χ1n) is 13.5. The van der Waals surface area contributed by atoms with E-state index >= 15 is 0 Å². The van der Waals surface area contributed by atoms with Crippen molar-refractivity contribution in [1.29, 1.82) is 0 Å². The third kappa shape index (κ3) is 6.24. The van der Waals surface area contributed by atoms with E-state index in [2.05, 4.69) is 37.7 Å². The van der Waals surface area contributed by atoms with Crippen LogP contribution in [-0.4, -0.2) is 49.5 Å². The third-order valence-corrected chi connectivity index (χ3v) is 6.97. The number of rotatable bonds is 11. The maximum atomic E-state index is 13.5. The van der Waals surface area contributed by atoms with Crippen molar-refractivity contribution in [2.24, 2.45) is 5.92 Å². The van der Waals surface area contributed by atoms with Crippen LogP contribution in [0.1, 0.15) is 62.5 Å². The average molecular weight is 558 g/mol. The quantitative estimate of drug-likeness (QED) is 0.264. The van der Waals surface area contributed by atoms with Gasteiger partial charge in [-0.15, -0.1) is 10.2 Å². The molecule has 1 atom stereocenters. The standard InChI is InChI=1S/C30H35N7O4/c1-7-19-13-14-22(32-15-19)30(4,5)29-36-35-27(41-29)25(39)24(18(2)3)34-23(38)17-37-21(20-11-9-8-10-12-20)16-33-26(31-6)28(37)40/h8-16,18,24H,7,17H2,1-6H3,(H,31,33)(H,34,38). The molecule has 0 aliphatic heterocycles. The van der Waals surface area contributed by atoms with Gasteiger partial charge in [-0.3, -0.25) is 23.9 Å². The molecule has 11 nitrogen and oxygen atoms in total. The van der Waals surface area contributed by atoms with Crippen LogP contribution < -0.4 is 16.2 Å².